The number of carbonyl (C=O) groups is 2. The maximum Gasteiger partial charge on any atom is 0.320 e. The van der Waals surface area contributed by atoms with Crippen molar-refractivity contribution in [3.05, 3.63) is 0 Å². The van der Waals surface area contributed by atoms with Gasteiger partial charge in [-0.2, -0.15) is 0 Å². The average Bonchev–Trinajstić information content (AvgIpc) is 2.67. The highest BCUT2D eigenvalue weighted by Gasteiger charge is 2.37. The van der Waals surface area contributed by atoms with E-state index in [-0.39, 0.29) is 31.6 Å². The van der Waals surface area contributed by atoms with Crippen LogP contribution in [-0.4, -0.2) is 64.8 Å². The first kappa shape index (κ1) is 13.8. The number of aliphatic carboxylic acids is 1. The van der Waals surface area contributed by atoms with Gasteiger partial charge in [-0.3, -0.25) is 4.79 Å². The molecule has 1 rings (SSSR count). The number of hydrogen-bond donors (Lipinski definition) is 2. The minimum atomic E-state index is -0.849. The van der Waals surface area contributed by atoms with Crippen molar-refractivity contribution in [1.82, 2.24) is 9.80 Å². The summed E-state index contributed by atoms with van der Waals surface area (Å²) in [6.07, 6.45) is 0. The Bertz CT molecular complexity index is 295. The Hall–Kier alpha value is -1.30. The maximum absolute atomic E-state index is 12.0. The number of likely N-dealkylation sites (N-methyl/N-ethyl adjacent to an activating group) is 1. The zero-order valence-electron chi connectivity index (χ0n) is 10.3. The van der Waals surface area contributed by atoms with E-state index in [0.717, 1.165) is 0 Å². The largest absolute Gasteiger partial charge is 0.481 e. The maximum atomic E-state index is 12.0. The topological polar surface area (TPSA) is 81.1 Å². The number of aliphatic hydroxyl groups is 1. The summed E-state index contributed by atoms with van der Waals surface area (Å²) in [6, 6.07) is -0.183. The van der Waals surface area contributed by atoms with Gasteiger partial charge in [-0.25, -0.2) is 4.79 Å². The molecule has 0 saturated carbocycles. The van der Waals surface area contributed by atoms with E-state index in [1.807, 2.05) is 13.8 Å². The molecule has 1 aliphatic heterocycles. The van der Waals surface area contributed by atoms with Crippen molar-refractivity contribution in [3.63, 3.8) is 0 Å². The second kappa shape index (κ2) is 5.86. The fourth-order valence-corrected chi connectivity index (χ4v) is 2.15. The molecule has 6 nitrogen and oxygen atoms in total. The smallest absolute Gasteiger partial charge is 0.320 e. The predicted octanol–water partition coefficient (Wildman–Crippen LogP) is 0.0731. The van der Waals surface area contributed by atoms with E-state index < -0.39 is 11.9 Å². The molecule has 2 N–H and O–H groups in total. The fourth-order valence-electron chi connectivity index (χ4n) is 2.15. The summed E-state index contributed by atoms with van der Waals surface area (Å²) in [7, 11) is 0. The summed E-state index contributed by atoms with van der Waals surface area (Å²) < 4.78 is 0. The van der Waals surface area contributed by atoms with Crippen molar-refractivity contribution < 1.29 is 19.8 Å². The van der Waals surface area contributed by atoms with Crippen LogP contribution in [0.15, 0.2) is 0 Å². The molecule has 6 heteroatoms. The van der Waals surface area contributed by atoms with Crippen LogP contribution in [0.1, 0.15) is 13.8 Å². The lowest BCUT2D eigenvalue weighted by atomic mass is 9.99. The van der Waals surface area contributed by atoms with Crippen LogP contribution in [0.2, 0.25) is 0 Å². The van der Waals surface area contributed by atoms with Gasteiger partial charge in [-0.1, -0.05) is 6.92 Å². The zero-order chi connectivity index (χ0) is 13.0. The molecule has 17 heavy (non-hydrogen) atoms. The van der Waals surface area contributed by atoms with Gasteiger partial charge >= 0.3 is 12.0 Å². The third-order valence-corrected chi connectivity index (χ3v) is 3.22. The molecule has 0 radical (unpaired) electrons. The van der Waals surface area contributed by atoms with Gasteiger partial charge in [-0.15, -0.1) is 0 Å². The highest BCUT2D eigenvalue weighted by molar-refractivity contribution is 5.77. The minimum Gasteiger partial charge on any atom is -0.481 e. The molecule has 1 fully saturated rings. The predicted molar refractivity (Wildman–Crippen MR) is 61.6 cm³/mol. The van der Waals surface area contributed by atoms with Crippen molar-refractivity contribution in [2.45, 2.75) is 13.8 Å². The molecular weight excluding hydrogens is 224 g/mol. The number of hydrogen-bond acceptors (Lipinski definition) is 3. The van der Waals surface area contributed by atoms with Crippen molar-refractivity contribution in [3.8, 4) is 0 Å². The van der Waals surface area contributed by atoms with E-state index in [0.29, 0.717) is 13.1 Å². The van der Waals surface area contributed by atoms with E-state index >= 15 is 0 Å². The van der Waals surface area contributed by atoms with E-state index in [1.165, 1.54) is 4.90 Å². The normalized spacial score (nSPS) is 23.8. The van der Waals surface area contributed by atoms with Crippen LogP contribution in [-0.2, 0) is 4.79 Å². The number of aliphatic hydroxyl groups excluding tert-OH is 1. The molecule has 1 saturated heterocycles. The summed E-state index contributed by atoms with van der Waals surface area (Å²) >= 11 is 0. The van der Waals surface area contributed by atoms with Crippen LogP contribution in [0.3, 0.4) is 0 Å². The van der Waals surface area contributed by atoms with E-state index in [4.69, 9.17) is 10.2 Å². The summed E-state index contributed by atoms with van der Waals surface area (Å²) in [6.45, 7) is 5.14. The molecule has 0 aromatic carbocycles. The van der Waals surface area contributed by atoms with Crippen LogP contribution in [0, 0.1) is 11.8 Å². The molecule has 0 spiro atoms. The van der Waals surface area contributed by atoms with Crippen molar-refractivity contribution in [1.29, 1.82) is 0 Å². The lowest BCUT2D eigenvalue weighted by Crippen LogP contribution is -2.43. The van der Waals surface area contributed by atoms with E-state index in [2.05, 4.69) is 0 Å². The molecule has 0 aromatic heterocycles. The van der Waals surface area contributed by atoms with E-state index in [1.54, 1.807) is 4.90 Å². The van der Waals surface area contributed by atoms with Gasteiger partial charge in [0.25, 0.3) is 0 Å². The Labute approximate surface area is 101 Å². The molecule has 0 aromatic rings. The molecule has 98 valence electrons. The van der Waals surface area contributed by atoms with Gasteiger partial charge in [0, 0.05) is 26.2 Å². The highest BCUT2D eigenvalue weighted by atomic mass is 16.4. The Kier molecular flexibility index (Phi) is 4.74. The summed E-state index contributed by atoms with van der Waals surface area (Å²) in [5.74, 6) is -1.35. The monoisotopic (exact) mass is 244 g/mol. The number of carboxylic acids is 1. The number of rotatable bonds is 4. The molecule has 1 heterocycles. The Morgan fingerprint density at radius 2 is 2.06 bits per heavy atom. The molecule has 0 bridgehead atoms. The minimum absolute atomic E-state index is 0.0238. The third kappa shape index (κ3) is 3.09. The molecule has 2 unspecified atom stereocenters. The lowest BCUT2D eigenvalue weighted by molar-refractivity contribution is -0.142. The summed E-state index contributed by atoms with van der Waals surface area (Å²) in [4.78, 5) is 26.1. The second-order valence-corrected chi connectivity index (χ2v) is 4.41. The van der Waals surface area contributed by atoms with Crippen LogP contribution in [0.25, 0.3) is 0 Å². The average molecular weight is 244 g/mol. The number of carboxylic acid groups (broad SMARTS) is 1. The molecule has 2 atom stereocenters. The summed E-state index contributed by atoms with van der Waals surface area (Å²) in [5.41, 5.74) is 0. The van der Waals surface area contributed by atoms with Gasteiger partial charge in [0.2, 0.25) is 0 Å². The van der Waals surface area contributed by atoms with Crippen molar-refractivity contribution >= 4 is 12.0 Å². The molecule has 2 amide bonds. The van der Waals surface area contributed by atoms with Crippen molar-refractivity contribution in [2.75, 3.05) is 32.8 Å². The second-order valence-electron chi connectivity index (χ2n) is 4.41. The number of nitrogens with zero attached hydrogens (tertiary/aromatic N) is 2. The molecule has 0 aliphatic carbocycles. The SMILES string of the molecule is CCN(CCO)C(=O)N1CC(C)C(C(=O)O)C1. The number of likely N-dealkylation sites (tertiary alicyclic amines) is 1. The first-order valence-electron chi connectivity index (χ1n) is 5.88. The fraction of sp³-hybridized carbons (Fsp3) is 0.818. The summed E-state index contributed by atoms with van der Waals surface area (Å²) in [5, 5.41) is 17.8. The van der Waals surface area contributed by atoms with Gasteiger partial charge in [0.15, 0.2) is 0 Å². The number of urea groups is 1. The van der Waals surface area contributed by atoms with E-state index in [9.17, 15) is 9.59 Å². The van der Waals surface area contributed by atoms with Gasteiger partial charge in [0.05, 0.1) is 12.5 Å². The van der Waals surface area contributed by atoms with Crippen LogP contribution in [0.4, 0.5) is 4.79 Å². The number of amides is 2. The first-order valence-corrected chi connectivity index (χ1v) is 5.88. The highest BCUT2D eigenvalue weighted by Crippen LogP contribution is 2.24. The lowest BCUT2D eigenvalue weighted by Gasteiger charge is -2.26. The number of carbonyl (C=O) groups excluding carboxylic acids is 1. The quantitative estimate of drug-likeness (QED) is 0.733. The van der Waals surface area contributed by atoms with Crippen LogP contribution < -0.4 is 0 Å². The van der Waals surface area contributed by atoms with Crippen molar-refractivity contribution in [2.24, 2.45) is 11.8 Å². The molecular formula is C11H20N2O4. The standard InChI is InChI=1S/C11H20N2O4/c1-3-12(4-5-14)11(17)13-6-8(2)9(7-13)10(15)16/h8-9,14H,3-7H2,1-2H3,(H,15,16). The Morgan fingerprint density at radius 1 is 1.41 bits per heavy atom. The molecule has 1 aliphatic rings. The third-order valence-electron chi connectivity index (χ3n) is 3.22. The van der Waals surface area contributed by atoms with Crippen LogP contribution >= 0.6 is 0 Å². The first-order chi connectivity index (χ1) is 8.01. The Morgan fingerprint density at radius 3 is 2.47 bits per heavy atom. The van der Waals surface area contributed by atoms with Gasteiger partial charge in [0.1, 0.15) is 0 Å². The zero-order valence-corrected chi connectivity index (χ0v) is 10.3. The van der Waals surface area contributed by atoms with Gasteiger partial charge in [-0.05, 0) is 12.8 Å². The Balaban J connectivity index is 2.63. The van der Waals surface area contributed by atoms with Gasteiger partial charge < -0.3 is 20.0 Å². The van der Waals surface area contributed by atoms with Crippen LogP contribution in [0.5, 0.6) is 0 Å².